The average Bonchev–Trinajstić information content (AvgIpc) is 2.92. The van der Waals surface area contributed by atoms with E-state index in [1.165, 1.54) is 24.1 Å². The van der Waals surface area contributed by atoms with Crippen LogP contribution in [0.1, 0.15) is 31.4 Å². The number of carbonyl (C=O) groups is 2. The van der Waals surface area contributed by atoms with Crippen molar-refractivity contribution in [2.45, 2.75) is 44.2 Å². The minimum atomic E-state index is -4.08. The Bertz CT molecular complexity index is 1310. The lowest BCUT2D eigenvalue weighted by Crippen LogP contribution is -2.51. The zero-order valence-corrected chi connectivity index (χ0v) is 22.8. The van der Waals surface area contributed by atoms with E-state index in [4.69, 9.17) is 11.6 Å². The molecule has 2 amide bonds. The number of amides is 2. The van der Waals surface area contributed by atoms with Crippen LogP contribution in [-0.4, -0.2) is 44.8 Å². The SMILES string of the molecule is CCc1ccc(N(CC(=O)N(Cc2ccccc2Cl)[C@@H](CC)C(=O)NC)S(=O)(=O)c2ccccc2)cc1. The van der Waals surface area contributed by atoms with Crippen LogP contribution in [0.3, 0.4) is 0 Å². The number of nitrogens with one attached hydrogen (secondary N) is 1. The molecule has 0 saturated carbocycles. The minimum Gasteiger partial charge on any atom is -0.357 e. The molecule has 3 aromatic rings. The Kier molecular flexibility index (Phi) is 9.72. The molecular formula is C28H32ClN3O4S. The molecule has 3 rings (SSSR count). The number of sulfonamides is 1. The molecule has 196 valence electrons. The first-order valence-corrected chi connectivity index (χ1v) is 14.0. The van der Waals surface area contributed by atoms with Crippen LogP contribution in [-0.2, 0) is 32.6 Å². The number of halogens is 1. The zero-order chi connectivity index (χ0) is 27.0. The first-order valence-electron chi connectivity index (χ1n) is 12.1. The van der Waals surface area contributed by atoms with Crippen LogP contribution in [0, 0.1) is 0 Å². The Balaban J connectivity index is 2.06. The van der Waals surface area contributed by atoms with Crippen LogP contribution in [0.2, 0.25) is 5.02 Å². The zero-order valence-electron chi connectivity index (χ0n) is 21.2. The molecule has 0 aliphatic heterocycles. The third kappa shape index (κ3) is 6.70. The van der Waals surface area contributed by atoms with E-state index >= 15 is 0 Å². The minimum absolute atomic E-state index is 0.0540. The van der Waals surface area contributed by atoms with Crippen molar-refractivity contribution in [1.29, 1.82) is 0 Å². The molecule has 37 heavy (non-hydrogen) atoms. The summed E-state index contributed by atoms with van der Waals surface area (Å²) >= 11 is 6.37. The highest BCUT2D eigenvalue weighted by Gasteiger charge is 2.33. The summed E-state index contributed by atoms with van der Waals surface area (Å²) in [6.45, 7) is 3.38. The van der Waals surface area contributed by atoms with E-state index in [-0.39, 0.29) is 17.3 Å². The Morgan fingerprint density at radius 3 is 2.11 bits per heavy atom. The fraction of sp³-hybridized carbons (Fsp3) is 0.286. The summed E-state index contributed by atoms with van der Waals surface area (Å²) in [5.74, 6) is -0.859. The Labute approximate surface area is 224 Å². The van der Waals surface area contributed by atoms with Gasteiger partial charge in [-0.15, -0.1) is 0 Å². The number of hydrogen-bond acceptors (Lipinski definition) is 4. The van der Waals surface area contributed by atoms with Crippen molar-refractivity contribution in [3.8, 4) is 0 Å². The predicted octanol–water partition coefficient (Wildman–Crippen LogP) is 4.65. The molecule has 0 radical (unpaired) electrons. The Hall–Kier alpha value is -3.36. The van der Waals surface area contributed by atoms with E-state index in [1.54, 1.807) is 61.5 Å². The summed E-state index contributed by atoms with van der Waals surface area (Å²) in [4.78, 5) is 28.1. The lowest BCUT2D eigenvalue weighted by atomic mass is 10.1. The van der Waals surface area contributed by atoms with Gasteiger partial charge in [-0.3, -0.25) is 13.9 Å². The standard InChI is InChI=1S/C28H32ClN3O4S/c1-4-21-15-17-23(18-16-21)32(37(35,36)24-12-7-6-8-13-24)20-27(33)31(26(5-2)28(34)30-3)19-22-11-9-10-14-25(22)29/h6-18,26H,4-5,19-20H2,1-3H3,(H,30,34)/t26-/m0/s1. The summed E-state index contributed by atoms with van der Waals surface area (Å²) in [5, 5.41) is 3.06. The van der Waals surface area contributed by atoms with E-state index in [0.717, 1.165) is 16.3 Å². The number of rotatable bonds is 11. The van der Waals surface area contributed by atoms with Gasteiger partial charge in [-0.1, -0.05) is 74.0 Å². The van der Waals surface area contributed by atoms with Gasteiger partial charge in [0, 0.05) is 18.6 Å². The highest BCUT2D eigenvalue weighted by molar-refractivity contribution is 7.92. The molecule has 0 spiro atoms. The number of aryl methyl sites for hydroxylation is 1. The highest BCUT2D eigenvalue weighted by Crippen LogP contribution is 2.26. The molecule has 3 aromatic carbocycles. The van der Waals surface area contributed by atoms with Crippen LogP contribution in [0.15, 0.2) is 83.8 Å². The summed E-state index contributed by atoms with van der Waals surface area (Å²) in [5.41, 5.74) is 2.06. The second-order valence-corrected chi connectivity index (χ2v) is 10.8. The van der Waals surface area contributed by atoms with E-state index in [2.05, 4.69) is 5.32 Å². The summed E-state index contributed by atoms with van der Waals surface area (Å²) in [7, 11) is -2.58. The Morgan fingerprint density at radius 2 is 1.54 bits per heavy atom. The van der Waals surface area contributed by atoms with Crippen molar-refractivity contribution in [2.75, 3.05) is 17.9 Å². The number of hydrogen-bond donors (Lipinski definition) is 1. The quantitative estimate of drug-likeness (QED) is 0.383. The van der Waals surface area contributed by atoms with Gasteiger partial charge in [0.25, 0.3) is 10.0 Å². The number of anilines is 1. The third-order valence-electron chi connectivity index (χ3n) is 6.17. The number of benzene rings is 3. The van der Waals surface area contributed by atoms with Crippen molar-refractivity contribution in [3.63, 3.8) is 0 Å². The van der Waals surface area contributed by atoms with Crippen molar-refractivity contribution >= 4 is 39.1 Å². The molecule has 0 aromatic heterocycles. The lowest BCUT2D eigenvalue weighted by Gasteiger charge is -2.33. The summed E-state index contributed by atoms with van der Waals surface area (Å²) in [6, 6.07) is 21.3. The maximum atomic E-state index is 13.9. The largest absolute Gasteiger partial charge is 0.357 e. The molecule has 0 aliphatic rings. The molecule has 0 fully saturated rings. The fourth-order valence-corrected chi connectivity index (χ4v) is 5.67. The fourth-order valence-electron chi connectivity index (χ4n) is 4.04. The molecule has 0 aliphatic carbocycles. The molecular weight excluding hydrogens is 510 g/mol. The number of nitrogens with zero attached hydrogens (tertiary/aromatic N) is 2. The van der Waals surface area contributed by atoms with Gasteiger partial charge in [-0.2, -0.15) is 0 Å². The maximum absolute atomic E-state index is 13.9. The lowest BCUT2D eigenvalue weighted by molar-refractivity contribution is -0.140. The topological polar surface area (TPSA) is 86.8 Å². The third-order valence-corrected chi connectivity index (χ3v) is 8.33. The van der Waals surface area contributed by atoms with E-state index < -0.39 is 28.5 Å². The van der Waals surface area contributed by atoms with E-state index in [1.807, 2.05) is 19.1 Å². The molecule has 0 bridgehead atoms. The number of likely N-dealkylation sites (N-methyl/N-ethyl adjacent to an activating group) is 1. The smallest absolute Gasteiger partial charge is 0.264 e. The van der Waals surface area contributed by atoms with Crippen LogP contribution >= 0.6 is 11.6 Å². The molecule has 0 unspecified atom stereocenters. The van der Waals surface area contributed by atoms with E-state index in [0.29, 0.717) is 22.7 Å². The molecule has 7 nitrogen and oxygen atoms in total. The van der Waals surface area contributed by atoms with Crippen molar-refractivity contribution in [2.24, 2.45) is 0 Å². The van der Waals surface area contributed by atoms with Crippen molar-refractivity contribution < 1.29 is 18.0 Å². The maximum Gasteiger partial charge on any atom is 0.264 e. The molecule has 0 heterocycles. The summed E-state index contributed by atoms with van der Waals surface area (Å²) < 4.78 is 28.6. The van der Waals surface area contributed by atoms with Gasteiger partial charge in [0.05, 0.1) is 10.6 Å². The molecule has 1 N–H and O–H groups in total. The average molecular weight is 542 g/mol. The Morgan fingerprint density at radius 1 is 0.919 bits per heavy atom. The predicted molar refractivity (Wildman–Crippen MR) is 147 cm³/mol. The van der Waals surface area contributed by atoms with Gasteiger partial charge < -0.3 is 10.2 Å². The van der Waals surface area contributed by atoms with Crippen molar-refractivity contribution in [1.82, 2.24) is 10.2 Å². The molecule has 9 heteroatoms. The van der Waals surface area contributed by atoms with Crippen LogP contribution in [0.4, 0.5) is 5.69 Å². The van der Waals surface area contributed by atoms with E-state index in [9.17, 15) is 18.0 Å². The second-order valence-electron chi connectivity index (χ2n) is 8.50. The van der Waals surface area contributed by atoms with Gasteiger partial charge in [-0.25, -0.2) is 8.42 Å². The van der Waals surface area contributed by atoms with Crippen LogP contribution in [0.25, 0.3) is 0 Å². The van der Waals surface area contributed by atoms with Gasteiger partial charge in [0.2, 0.25) is 11.8 Å². The highest BCUT2D eigenvalue weighted by atomic mass is 35.5. The molecule has 1 atom stereocenters. The monoisotopic (exact) mass is 541 g/mol. The van der Waals surface area contributed by atoms with Gasteiger partial charge >= 0.3 is 0 Å². The normalized spacial score (nSPS) is 12.0. The number of carbonyl (C=O) groups excluding carboxylic acids is 2. The first kappa shape index (κ1) is 28.2. The van der Waals surface area contributed by atoms with Gasteiger partial charge in [0.1, 0.15) is 12.6 Å². The van der Waals surface area contributed by atoms with Crippen LogP contribution < -0.4 is 9.62 Å². The molecule has 0 saturated heterocycles. The van der Waals surface area contributed by atoms with Crippen LogP contribution in [0.5, 0.6) is 0 Å². The van der Waals surface area contributed by atoms with Gasteiger partial charge in [0.15, 0.2) is 0 Å². The van der Waals surface area contributed by atoms with Crippen molar-refractivity contribution in [3.05, 3.63) is 95.0 Å². The second kappa shape index (κ2) is 12.7. The summed E-state index contributed by atoms with van der Waals surface area (Å²) in [6.07, 6.45) is 1.13. The first-order chi connectivity index (χ1) is 17.7. The van der Waals surface area contributed by atoms with Gasteiger partial charge in [-0.05, 0) is 54.3 Å².